The Labute approximate surface area is 243 Å². The Morgan fingerprint density at radius 3 is 1.80 bits per heavy atom. The molecule has 9 heteroatoms. The van der Waals surface area contributed by atoms with E-state index in [2.05, 4.69) is 43.6 Å². The van der Waals surface area contributed by atoms with Gasteiger partial charge in [-0.1, -0.05) is 81.1 Å². The number of nitrogens with zero attached hydrogens (tertiary/aromatic N) is 1. The zero-order chi connectivity index (χ0) is 30.7. The van der Waals surface area contributed by atoms with Crippen molar-refractivity contribution in [1.82, 2.24) is 20.9 Å². The second-order valence-corrected chi connectivity index (χ2v) is 10.5. The molecule has 0 bridgehead atoms. The third-order valence-corrected chi connectivity index (χ3v) is 6.27. The number of hydrogen-bond donors (Lipinski definition) is 3. The van der Waals surface area contributed by atoms with Crippen LogP contribution in [0, 0.1) is 11.8 Å². The molecular weight excluding hydrogens is 508 g/mol. The molecule has 4 fully saturated rings. The second kappa shape index (κ2) is 21.3. The summed E-state index contributed by atoms with van der Waals surface area (Å²) in [6.07, 6.45) is 9.64. The van der Waals surface area contributed by atoms with Crippen molar-refractivity contribution >= 4 is 29.4 Å². The van der Waals surface area contributed by atoms with Crippen molar-refractivity contribution in [2.45, 2.75) is 144 Å². The van der Waals surface area contributed by atoms with E-state index in [-0.39, 0.29) is 30.3 Å². The zero-order valence-corrected chi connectivity index (χ0v) is 26.6. The molecule has 0 spiro atoms. The number of hydrogen-bond acceptors (Lipinski definition) is 5. The monoisotopic (exact) mass is 566 g/mol. The third kappa shape index (κ3) is 14.8. The maximum Gasteiger partial charge on any atom is 0.289 e. The number of rotatable bonds is 10. The van der Waals surface area contributed by atoms with Crippen LogP contribution in [0.25, 0.3) is 0 Å². The molecule has 2 atom stereocenters. The van der Waals surface area contributed by atoms with E-state index in [9.17, 15) is 24.0 Å². The molecule has 1 saturated heterocycles. The molecule has 3 aliphatic carbocycles. The van der Waals surface area contributed by atoms with Gasteiger partial charge in [-0.05, 0) is 50.9 Å². The molecule has 4 rings (SSSR count). The summed E-state index contributed by atoms with van der Waals surface area (Å²) >= 11 is 0. The number of carbonyl (C=O) groups excluding carboxylic acids is 5. The second-order valence-electron chi connectivity index (χ2n) is 10.5. The summed E-state index contributed by atoms with van der Waals surface area (Å²) in [4.78, 5) is 63.6. The summed E-state index contributed by atoms with van der Waals surface area (Å²) in [5, 5.41) is 8.09. The molecule has 232 valence electrons. The lowest BCUT2D eigenvalue weighted by atomic mass is 10.0. The molecule has 9 nitrogen and oxygen atoms in total. The van der Waals surface area contributed by atoms with Gasteiger partial charge in [0.15, 0.2) is 0 Å². The van der Waals surface area contributed by atoms with Crippen molar-refractivity contribution < 1.29 is 24.0 Å². The van der Waals surface area contributed by atoms with Crippen LogP contribution in [0.15, 0.2) is 0 Å². The van der Waals surface area contributed by atoms with Crippen molar-refractivity contribution in [2.75, 3.05) is 13.1 Å². The van der Waals surface area contributed by atoms with E-state index < -0.39 is 29.7 Å². The summed E-state index contributed by atoms with van der Waals surface area (Å²) in [7, 11) is 0. The van der Waals surface area contributed by atoms with Crippen molar-refractivity contribution in [3.8, 4) is 0 Å². The molecule has 0 aromatic carbocycles. The van der Waals surface area contributed by atoms with Crippen LogP contribution in [0.2, 0.25) is 0 Å². The summed E-state index contributed by atoms with van der Waals surface area (Å²) in [6, 6.07) is -1.44. The van der Waals surface area contributed by atoms with Crippen LogP contribution in [0.4, 0.5) is 0 Å². The van der Waals surface area contributed by atoms with Crippen molar-refractivity contribution in [3.63, 3.8) is 0 Å². The van der Waals surface area contributed by atoms with E-state index in [1.165, 1.54) is 17.7 Å². The molecule has 1 heterocycles. The van der Waals surface area contributed by atoms with Gasteiger partial charge in [0.1, 0.15) is 6.04 Å². The number of Topliss-reactive ketones (excluding diaryl/α,β-unsaturated/α-hetero) is 1. The maximum atomic E-state index is 12.9. The molecule has 2 unspecified atom stereocenters. The fourth-order valence-corrected chi connectivity index (χ4v) is 3.92. The fraction of sp³-hybridized carbons (Fsp3) is 0.839. The highest BCUT2D eigenvalue weighted by molar-refractivity contribution is 6.38. The molecule has 4 amide bonds. The minimum atomic E-state index is -0.851. The van der Waals surface area contributed by atoms with Crippen molar-refractivity contribution in [1.29, 1.82) is 0 Å². The predicted molar refractivity (Wildman–Crippen MR) is 161 cm³/mol. The van der Waals surface area contributed by atoms with Gasteiger partial charge in [-0.15, -0.1) is 0 Å². The predicted octanol–water partition coefficient (Wildman–Crippen LogP) is 4.52. The Balaban J connectivity index is 0.00000135. The van der Waals surface area contributed by atoms with Crippen LogP contribution in [0.3, 0.4) is 0 Å². The smallest absolute Gasteiger partial charge is 0.289 e. The van der Waals surface area contributed by atoms with Crippen LogP contribution in [0.1, 0.15) is 126 Å². The highest BCUT2D eigenvalue weighted by Crippen LogP contribution is 2.34. The topological polar surface area (TPSA) is 125 Å². The lowest BCUT2D eigenvalue weighted by molar-refractivity contribution is -0.142. The number of ketones is 1. The van der Waals surface area contributed by atoms with E-state index in [4.69, 9.17) is 0 Å². The summed E-state index contributed by atoms with van der Waals surface area (Å²) in [5.41, 5.74) is 0. The van der Waals surface area contributed by atoms with Gasteiger partial charge < -0.3 is 20.9 Å². The van der Waals surface area contributed by atoms with Crippen LogP contribution in [-0.2, 0) is 24.0 Å². The van der Waals surface area contributed by atoms with Gasteiger partial charge in [-0.3, -0.25) is 24.0 Å². The van der Waals surface area contributed by atoms with Crippen LogP contribution in [0.5, 0.6) is 0 Å². The quantitative estimate of drug-likeness (QED) is 0.335. The SMILES string of the molecule is CC.CC.CCC.CCC.O=C(NC1CC1)C(=O)C(CC1CC1)NC(=O)C1CCCN1C(=O)CNC(=O)C1CC1. The number of likely N-dealkylation sites (tertiary alicyclic amines) is 1. The molecule has 4 aliphatic rings. The van der Waals surface area contributed by atoms with E-state index in [0.29, 0.717) is 31.7 Å². The zero-order valence-electron chi connectivity index (χ0n) is 26.6. The average molecular weight is 567 g/mol. The minimum absolute atomic E-state index is 0.0199. The van der Waals surface area contributed by atoms with Gasteiger partial charge in [0.05, 0.1) is 12.6 Å². The van der Waals surface area contributed by atoms with Gasteiger partial charge in [-0.2, -0.15) is 0 Å². The van der Waals surface area contributed by atoms with Crippen molar-refractivity contribution in [3.05, 3.63) is 0 Å². The van der Waals surface area contributed by atoms with E-state index >= 15 is 0 Å². The maximum absolute atomic E-state index is 12.9. The third-order valence-electron chi connectivity index (χ3n) is 6.27. The highest BCUT2D eigenvalue weighted by Gasteiger charge is 2.39. The lowest BCUT2D eigenvalue weighted by Gasteiger charge is -2.26. The molecule has 40 heavy (non-hydrogen) atoms. The molecule has 3 saturated carbocycles. The Kier molecular flexibility index (Phi) is 20.0. The Hall–Kier alpha value is -2.45. The van der Waals surface area contributed by atoms with Gasteiger partial charge in [0.2, 0.25) is 23.5 Å². The lowest BCUT2D eigenvalue weighted by Crippen LogP contribution is -2.54. The summed E-state index contributed by atoms with van der Waals surface area (Å²) in [6.45, 7) is 16.8. The number of carbonyl (C=O) groups is 5. The Bertz CT molecular complexity index is 774. The van der Waals surface area contributed by atoms with E-state index in [1.807, 2.05) is 27.7 Å². The molecule has 1 aliphatic heterocycles. The average Bonchev–Trinajstić information content (AvgIpc) is 3.83. The van der Waals surface area contributed by atoms with E-state index in [1.54, 1.807) is 0 Å². The first-order chi connectivity index (χ1) is 19.2. The van der Waals surface area contributed by atoms with Crippen LogP contribution >= 0.6 is 0 Å². The summed E-state index contributed by atoms with van der Waals surface area (Å²) < 4.78 is 0. The first-order valence-electron chi connectivity index (χ1n) is 16.0. The normalized spacial score (nSPS) is 19.3. The fourth-order valence-electron chi connectivity index (χ4n) is 3.92. The number of nitrogens with one attached hydrogen (secondary N) is 3. The first-order valence-corrected chi connectivity index (χ1v) is 16.0. The van der Waals surface area contributed by atoms with Gasteiger partial charge >= 0.3 is 0 Å². The standard InChI is InChI=1S/C21H30N4O5.2C3H8.2C2H6/c26-17(11-22-19(28)13-5-6-13)25-9-1-2-16(25)20(29)24-15(10-12-3-4-12)18(27)21(30)23-14-7-8-14;2*1-3-2;2*1-2/h12-16H,1-11H2,(H,22,28)(H,23,30)(H,24,29);2*3H2,1-2H3;2*1-2H3. The van der Waals surface area contributed by atoms with Crippen molar-refractivity contribution in [2.24, 2.45) is 11.8 Å². The molecule has 3 N–H and O–H groups in total. The highest BCUT2D eigenvalue weighted by atomic mass is 16.2. The number of amides is 4. The Morgan fingerprint density at radius 2 is 1.32 bits per heavy atom. The van der Waals surface area contributed by atoms with Gasteiger partial charge in [0.25, 0.3) is 5.91 Å². The molecular formula is C31H58N4O5. The first kappa shape index (κ1) is 37.6. The minimum Gasteiger partial charge on any atom is -0.347 e. The van der Waals surface area contributed by atoms with E-state index in [0.717, 1.165) is 38.5 Å². The molecule has 0 aromatic rings. The largest absolute Gasteiger partial charge is 0.347 e. The van der Waals surface area contributed by atoms with Crippen LogP contribution in [-0.4, -0.2) is 65.5 Å². The van der Waals surface area contributed by atoms with Crippen LogP contribution < -0.4 is 16.0 Å². The molecule has 0 aromatic heterocycles. The summed E-state index contributed by atoms with van der Waals surface area (Å²) in [5.74, 6) is -1.66. The van der Waals surface area contributed by atoms with Gasteiger partial charge in [-0.25, -0.2) is 0 Å². The Morgan fingerprint density at radius 1 is 0.775 bits per heavy atom. The molecule has 0 radical (unpaired) electrons. The van der Waals surface area contributed by atoms with Gasteiger partial charge in [0, 0.05) is 18.5 Å².